The largest absolute Gasteiger partial charge is 0.379 e. The Bertz CT molecular complexity index is 894. The average Bonchev–Trinajstić information content (AvgIpc) is 2.74. The first-order valence-electron chi connectivity index (χ1n) is 9.48. The number of carbonyl (C=O) groups is 3. The van der Waals surface area contributed by atoms with Gasteiger partial charge in [0.1, 0.15) is 0 Å². The number of aromatic nitrogens is 1. The van der Waals surface area contributed by atoms with E-state index in [-0.39, 0.29) is 17.3 Å². The minimum absolute atomic E-state index is 0.0847. The van der Waals surface area contributed by atoms with Crippen LogP contribution >= 0.6 is 0 Å². The van der Waals surface area contributed by atoms with Gasteiger partial charge in [0.2, 0.25) is 0 Å². The summed E-state index contributed by atoms with van der Waals surface area (Å²) in [5, 5.41) is 5.58. The van der Waals surface area contributed by atoms with Gasteiger partial charge in [0.15, 0.2) is 5.78 Å². The van der Waals surface area contributed by atoms with Gasteiger partial charge in [-0.1, -0.05) is 12.1 Å². The Kier molecular flexibility index (Phi) is 7.04. The van der Waals surface area contributed by atoms with Gasteiger partial charge in [-0.15, -0.1) is 0 Å². The maximum atomic E-state index is 12.5. The third-order valence-electron chi connectivity index (χ3n) is 4.61. The zero-order valence-electron chi connectivity index (χ0n) is 16.3. The van der Waals surface area contributed by atoms with Crippen molar-refractivity contribution in [2.75, 3.05) is 44.7 Å². The molecule has 0 atom stereocenters. The lowest BCUT2D eigenvalue weighted by atomic mass is 10.1. The molecule has 2 aromatic rings. The predicted molar refractivity (Wildman–Crippen MR) is 108 cm³/mol. The summed E-state index contributed by atoms with van der Waals surface area (Å²) in [6, 6.07) is 8.18. The van der Waals surface area contributed by atoms with Gasteiger partial charge in [0.25, 0.3) is 11.8 Å². The van der Waals surface area contributed by atoms with Crippen molar-refractivity contribution in [3.63, 3.8) is 0 Å². The highest BCUT2D eigenvalue weighted by molar-refractivity contribution is 6.06. The number of carbonyl (C=O) groups excluding carboxylic acids is 3. The van der Waals surface area contributed by atoms with Gasteiger partial charge in [-0.2, -0.15) is 0 Å². The van der Waals surface area contributed by atoms with Crippen LogP contribution in [0.3, 0.4) is 0 Å². The molecule has 1 fully saturated rings. The van der Waals surface area contributed by atoms with E-state index in [1.165, 1.54) is 25.4 Å². The highest BCUT2D eigenvalue weighted by atomic mass is 16.5. The number of ketones is 1. The lowest BCUT2D eigenvalue weighted by Gasteiger charge is -2.26. The Morgan fingerprint density at radius 1 is 1.03 bits per heavy atom. The Morgan fingerprint density at radius 3 is 2.48 bits per heavy atom. The lowest BCUT2D eigenvalue weighted by molar-refractivity contribution is 0.0383. The van der Waals surface area contributed by atoms with Gasteiger partial charge in [-0.25, -0.2) is 0 Å². The summed E-state index contributed by atoms with van der Waals surface area (Å²) >= 11 is 0. The number of anilines is 1. The van der Waals surface area contributed by atoms with Crippen molar-refractivity contribution in [3.8, 4) is 0 Å². The molecule has 8 nitrogen and oxygen atoms in total. The molecule has 1 aliphatic rings. The van der Waals surface area contributed by atoms with Crippen LogP contribution in [0.4, 0.5) is 5.69 Å². The van der Waals surface area contributed by atoms with Crippen LogP contribution < -0.4 is 10.6 Å². The molecular formula is C21H24N4O4. The van der Waals surface area contributed by atoms with E-state index in [9.17, 15) is 14.4 Å². The van der Waals surface area contributed by atoms with Crippen molar-refractivity contribution in [1.29, 1.82) is 0 Å². The number of nitrogens with zero attached hydrogens (tertiary/aromatic N) is 2. The van der Waals surface area contributed by atoms with E-state index in [1.54, 1.807) is 24.3 Å². The Morgan fingerprint density at radius 2 is 1.76 bits per heavy atom. The third kappa shape index (κ3) is 5.94. The Labute approximate surface area is 169 Å². The maximum absolute atomic E-state index is 12.5. The first-order chi connectivity index (χ1) is 14.0. The monoisotopic (exact) mass is 396 g/mol. The van der Waals surface area contributed by atoms with Gasteiger partial charge in [-0.05, 0) is 25.1 Å². The summed E-state index contributed by atoms with van der Waals surface area (Å²) in [5.41, 5.74) is 1.59. The van der Waals surface area contributed by atoms with Gasteiger partial charge in [-0.3, -0.25) is 24.3 Å². The van der Waals surface area contributed by atoms with E-state index in [1.807, 2.05) is 0 Å². The molecule has 1 saturated heterocycles. The lowest BCUT2D eigenvalue weighted by Crippen LogP contribution is -2.41. The van der Waals surface area contributed by atoms with Gasteiger partial charge >= 0.3 is 0 Å². The van der Waals surface area contributed by atoms with E-state index in [4.69, 9.17) is 4.74 Å². The minimum atomic E-state index is -0.402. The molecule has 0 aliphatic carbocycles. The zero-order valence-corrected chi connectivity index (χ0v) is 16.3. The Hall–Kier alpha value is -3.10. The van der Waals surface area contributed by atoms with Gasteiger partial charge in [0.05, 0.1) is 24.3 Å². The van der Waals surface area contributed by atoms with Crippen LogP contribution in [0.2, 0.25) is 0 Å². The van der Waals surface area contributed by atoms with E-state index in [0.717, 1.165) is 19.6 Å². The first kappa shape index (κ1) is 20.6. The number of pyridine rings is 1. The SMILES string of the molecule is CC(=O)c1cccc(NC(=O)c2cncc(C(=O)NCCN3CCOCC3)c2)c1. The molecule has 1 aromatic carbocycles. The van der Waals surface area contributed by atoms with Crippen LogP contribution in [0, 0.1) is 0 Å². The number of hydrogen-bond acceptors (Lipinski definition) is 6. The van der Waals surface area contributed by atoms with E-state index in [2.05, 4.69) is 20.5 Å². The van der Waals surface area contributed by atoms with Crippen molar-refractivity contribution in [3.05, 3.63) is 59.4 Å². The number of amides is 2. The van der Waals surface area contributed by atoms with Crippen LogP contribution in [0.15, 0.2) is 42.7 Å². The summed E-state index contributed by atoms with van der Waals surface area (Å²) in [6.45, 7) is 5.86. The normalized spacial score (nSPS) is 14.2. The van der Waals surface area contributed by atoms with Crippen LogP contribution in [-0.4, -0.2) is 66.9 Å². The summed E-state index contributed by atoms with van der Waals surface area (Å²) < 4.78 is 5.30. The quantitative estimate of drug-likeness (QED) is 0.690. The summed E-state index contributed by atoms with van der Waals surface area (Å²) in [5.74, 6) is -0.765. The van der Waals surface area contributed by atoms with Crippen LogP contribution in [-0.2, 0) is 4.74 Å². The van der Waals surface area contributed by atoms with Crippen molar-refractivity contribution in [2.24, 2.45) is 0 Å². The smallest absolute Gasteiger partial charge is 0.257 e. The fraction of sp³-hybridized carbons (Fsp3) is 0.333. The molecule has 0 spiro atoms. The fourth-order valence-electron chi connectivity index (χ4n) is 2.96. The maximum Gasteiger partial charge on any atom is 0.257 e. The van der Waals surface area contributed by atoms with Crippen molar-refractivity contribution < 1.29 is 19.1 Å². The van der Waals surface area contributed by atoms with Crippen molar-refractivity contribution >= 4 is 23.3 Å². The second-order valence-corrected chi connectivity index (χ2v) is 6.76. The number of nitrogens with one attached hydrogen (secondary N) is 2. The molecule has 0 radical (unpaired) electrons. The average molecular weight is 396 g/mol. The van der Waals surface area contributed by atoms with Crippen LogP contribution in [0.25, 0.3) is 0 Å². The molecule has 2 amide bonds. The molecule has 152 valence electrons. The van der Waals surface area contributed by atoms with E-state index in [0.29, 0.717) is 36.6 Å². The highest BCUT2D eigenvalue weighted by Gasteiger charge is 2.14. The highest BCUT2D eigenvalue weighted by Crippen LogP contribution is 2.13. The number of benzene rings is 1. The van der Waals surface area contributed by atoms with Crippen LogP contribution in [0.5, 0.6) is 0 Å². The number of rotatable bonds is 7. The molecule has 2 heterocycles. The minimum Gasteiger partial charge on any atom is -0.379 e. The Balaban J connectivity index is 1.57. The number of hydrogen-bond donors (Lipinski definition) is 2. The summed E-state index contributed by atoms with van der Waals surface area (Å²) in [4.78, 5) is 42.6. The molecule has 8 heteroatoms. The molecule has 0 saturated carbocycles. The predicted octanol–water partition coefficient (Wildman–Crippen LogP) is 1.60. The zero-order chi connectivity index (χ0) is 20.6. The van der Waals surface area contributed by atoms with E-state index >= 15 is 0 Å². The molecule has 3 rings (SSSR count). The molecular weight excluding hydrogens is 372 g/mol. The van der Waals surface area contributed by atoms with Gasteiger partial charge in [0, 0.05) is 49.8 Å². The first-order valence-corrected chi connectivity index (χ1v) is 9.48. The van der Waals surface area contributed by atoms with Crippen molar-refractivity contribution in [2.45, 2.75) is 6.92 Å². The molecule has 1 aliphatic heterocycles. The van der Waals surface area contributed by atoms with E-state index < -0.39 is 5.91 Å². The third-order valence-corrected chi connectivity index (χ3v) is 4.61. The molecule has 2 N–H and O–H groups in total. The molecule has 0 unspecified atom stereocenters. The topological polar surface area (TPSA) is 101 Å². The second kappa shape index (κ2) is 9.90. The van der Waals surface area contributed by atoms with Gasteiger partial charge < -0.3 is 15.4 Å². The second-order valence-electron chi connectivity index (χ2n) is 6.76. The van der Waals surface area contributed by atoms with Crippen LogP contribution in [0.1, 0.15) is 38.0 Å². The number of morpholine rings is 1. The molecule has 29 heavy (non-hydrogen) atoms. The fourth-order valence-corrected chi connectivity index (χ4v) is 2.96. The summed E-state index contributed by atoms with van der Waals surface area (Å²) in [6.07, 6.45) is 2.83. The number of Topliss-reactive ketones (excluding diaryl/α,β-unsaturated/α-hetero) is 1. The standard InChI is InChI=1S/C21H24N4O4/c1-15(26)16-3-2-4-19(12-16)24-21(28)18-11-17(13-22-14-18)20(27)23-5-6-25-7-9-29-10-8-25/h2-4,11-14H,5-10H2,1H3,(H,23,27)(H,24,28). The number of ether oxygens (including phenoxy) is 1. The molecule has 1 aromatic heterocycles. The molecule has 0 bridgehead atoms. The van der Waals surface area contributed by atoms with Crippen molar-refractivity contribution in [1.82, 2.24) is 15.2 Å². The summed E-state index contributed by atoms with van der Waals surface area (Å²) in [7, 11) is 0.